The number of ether oxygens (including phenoxy) is 2. The average Bonchev–Trinajstić information content (AvgIpc) is 2.97. The van der Waals surface area contributed by atoms with Gasteiger partial charge in [0.2, 0.25) is 0 Å². The molecular formula is C28H38O8. The van der Waals surface area contributed by atoms with Gasteiger partial charge in [0.15, 0.2) is 11.2 Å². The third-order valence-corrected chi connectivity index (χ3v) is 10.9. The lowest BCUT2D eigenvalue weighted by Crippen LogP contribution is -2.74. The summed E-state index contributed by atoms with van der Waals surface area (Å²) in [5.41, 5.74) is -6.28. The maximum absolute atomic E-state index is 14.1. The van der Waals surface area contributed by atoms with Crippen LogP contribution in [0.1, 0.15) is 67.2 Å². The second-order valence-corrected chi connectivity index (χ2v) is 12.3. The van der Waals surface area contributed by atoms with Gasteiger partial charge in [-0.2, -0.15) is 0 Å². The van der Waals surface area contributed by atoms with Gasteiger partial charge >= 0.3 is 11.9 Å². The van der Waals surface area contributed by atoms with Crippen molar-refractivity contribution < 1.29 is 38.9 Å². The van der Waals surface area contributed by atoms with Crippen LogP contribution in [-0.2, 0) is 28.7 Å². The monoisotopic (exact) mass is 502 g/mol. The second kappa shape index (κ2) is 7.76. The van der Waals surface area contributed by atoms with Crippen LogP contribution < -0.4 is 0 Å². The third-order valence-electron chi connectivity index (χ3n) is 10.9. The summed E-state index contributed by atoms with van der Waals surface area (Å²) in [5.74, 6) is -3.18. The van der Waals surface area contributed by atoms with Crippen LogP contribution in [0, 0.1) is 38.9 Å². The molecule has 0 saturated heterocycles. The van der Waals surface area contributed by atoms with Crippen molar-refractivity contribution in [3.8, 4) is 0 Å². The van der Waals surface area contributed by atoms with Gasteiger partial charge < -0.3 is 24.5 Å². The van der Waals surface area contributed by atoms with E-state index < -0.39 is 62.9 Å². The fraction of sp³-hybridized carbons (Fsp3) is 0.714. The molecule has 2 N–H and O–H groups in total. The first kappa shape index (κ1) is 26.6. The lowest BCUT2D eigenvalue weighted by atomic mass is 9.31. The summed E-state index contributed by atoms with van der Waals surface area (Å²) in [5, 5.41) is 23.1. The minimum Gasteiger partial charge on any atom is -0.511 e. The minimum absolute atomic E-state index is 0.0410. The molecule has 198 valence electrons. The van der Waals surface area contributed by atoms with Crippen LogP contribution in [-0.4, -0.2) is 53.5 Å². The molecule has 0 bridgehead atoms. The summed E-state index contributed by atoms with van der Waals surface area (Å²) in [6.45, 7) is 14.2. The van der Waals surface area contributed by atoms with E-state index in [-0.39, 0.29) is 22.8 Å². The molecule has 8 atom stereocenters. The topological polar surface area (TPSA) is 127 Å². The molecule has 36 heavy (non-hydrogen) atoms. The standard InChI is InChI=1S/C28H38O8/c1-14-21(32)26(7)15(2)19(31)20-25(6,28(26,22(14)33)23(34)35-8)11-9-17-24(4,5)18(36-16(3)30)10-12-27(17,20)13-29/h13,17-20,31-32H,2,9-12H2,1,3-8H3/t17-,18+,19-,20-,25+,26-,27+,28+/m1/s1. The number of carbonyl (C=O) groups excluding carboxylic acids is 4. The quantitative estimate of drug-likeness (QED) is 0.260. The van der Waals surface area contributed by atoms with E-state index in [0.717, 1.165) is 6.29 Å². The van der Waals surface area contributed by atoms with E-state index in [1.807, 2.05) is 13.8 Å². The molecule has 0 aromatic heterocycles. The van der Waals surface area contributed by atoms with Crippen molar-refractivity contribution in [1.82, 2.24) is 0 Å². The Bertz CT molecular complexity index is 1100. The van der Waals surface area contributed by atoms with Gasteiger partial charge in [-0.25, -0.2) is 0 Å². The number of methoxy groups -OCH3 is 1. The first-order chi connectivity index (χ1) is 16.6. The van der Waals surface area contributed by atoms with Crippen LogP contribution in [0.2, 0.25) is 0 Å². The van der Waals surface area contributed by atoms with Gasteiger partial charge in [0.05, 0.1) is 18.6 Å². The van der Waals surface area contributed by atoms with Crippen LogP contribution in [0.5, 0.6) is 0 Å². The number of fused-ring (bicyclic) bond motifs is 5. The highest BCUT2D eigenvalue weighted by molar-refractivity contribution is 6.17. The molecule has 4 aliphatic carbocycles. The van der Waals surface area contributed by atoms with E-state index in [1.165, 1.54) is 21.0 Å². The van der Waals surface area contributed by atoms with Crippen LogP contribution in [0.25, 0.3) is 0 Å². The first-order valence-corrected chi connectivity index (χ1v) is 12.6. The van der Waals surface area contributed by atoms with Crippen molar-refractivity contribution in [2.75, 3.05) is 7.11 Å². The van der Waals surface area contributed by atoms with Crippen LogP contribution >= 0.6 is 0 Å². The lowest BCUT2D eigenvalue weighted by Gasteiger charge is -2.70. The molecular weight excluding hydrogens is 464 g/mol. The SMILES string of the molecule is C=C1[C@@H](O)[C@H]2[C@]3(C=O)CC[C@H](OC(C)=O)C(C)(C)[C@H]3CC[C@]2(C)[C@@]2(C(=O)OC)C(=O)C(C)=C(O)[C@@]12C. The Balaban J connectivity index is 2.00. The van der Waals surface area contributed by atoms with Crippen LogP contribution in [0.15, 0.2) is 23.5 Å². The third kappa shape index (κ3) is 2.59. The number of esters is 2. The van der Waals surface area contributed by atoms with E-state index >= 15 is 0 Å². The predicted molar refractivity (Wildman–Crippen MR) is 129 cm³/mol. The molecule has 0 unspecified atom stereocenters. The molecule has 4 aliphatic rings. The van der Waals surface area contributed by atoms with Gasteiger partial charge in [0.1, 0.15) is 18.1 Å². The van der Waals surface area contributed by atoms with Gasteiger partial charge in [-0.05, 0) is 56.4 Å². The van der Waals surface area contributed by atoms with E-state index in [4.69, 9.17) is 9.47 Å². The minimum atomic E-state index is -1.89. The molecule has 4 rings (SSSR count). The number of allylic oxidation sites excluding steroid dienone is 2. The highest BCUT2D eigenvalue weighted by Gasteiger charge is 2.83. The lowest BCUT2D eigenvalue weighted by molar-refractivity contribution is -0.246. The largest absolute Gasteiger partial charge is 0.511 e. The number of aldehydes is 1. The maximum atomic E-state index is 14.1. The zero-order valence-electron chi connectivity index (χ0n) is 22.3. The maximum Gasteiger partial charge on any atom is 0.321 e. The second-order valence-electron chi connectivity index (χ2n) is 12.3. The zero-order valence-corrected chi connectivity index (χ0v) is 22.3. The Morgan fingerprint density at radius 1 is 1.14 bits per heavy atom. The normalized spacial score (nSPS) is 45.3. The fourth-order valence-corrected chi connectivity index (χ4v) is 9.31. The number of Topliss-reactive ketones (excluding diaryl/α,β-unsaturated/α-hetero) is 1. The molecule has 0 aromatic rings. The molecule has 0 spiro atoms. The molecule has 3 fully saturated rings. The summed E-state index contributed by atoms with van der Waals surface area (Å²) < 4.78 is 10.9. The molecule has 0 aliphatic heterocycles. The van der Waals surface area contributed by atoms with E-state index in [0.29, 0.717) is 25.7 Å². The Kier molecular flexibility index (Phi) is 5.73. The molecule has 8 heteroatoms. The van der Waals surface area contributed by atoms with Gasteiger partial charge in [0.25, 0.3) is 0 Å². The van der Waals surface area contributed by atoms with Crippen LogP contribution in [0.4, 0.5) is 0 Å². The van der Waals surface area contributed by atoms with Crippen molar-refractivity contribution in [3.05, 3.63) is 23.5 Å². The molecule has 0 aromatic carbocycles. The Morgan fingerprint density at radius 3 is 2.28 bits per heavy atom. The van der Waals surface area contributed by atoms with E-state index in [2.05, 4.69) is 6.58 Å². The number of hydrogen-bond acceptors (Lipinski definition) is 8. The van der Waals surface area contributed by atoms with Crippen molar-refractivity contribution >= 4 is 24.0 Å². The highest BCUT2D eigenvalue weighted by Crippen LogP contribution is 2.78. The number of aliphatic hydroxyl groups is 2. The Labute approximate surface area is 212 Å². The Hall–Kier alpha value is -2.48. The van der Waals surface area contributed by atoms with Crippen molar-refractivity contribution in [2.45, 2.75) is 79.4 Å². The number of hydrogen-bond donors (Lipinski definition) is 2. The van der Waals surface area contributed by atoms with Crippen LogP contribution in [0.3, 0.4) is 0 Å². The molecule has 8 nitrogen and oxygen atoms in total. The molecule has 0 amide bonds. The summed E-state index contributed by atoms with van der Waals surface area (Å²) in [6, 6.07) is 0. The summed E-state index contributed by atoms with van der Waals surface area (Å²) >= 11 is 0. The van der Waals surface area contributed by atoms with Gasteiger partial charge in [-0.1, -0.05) is 27.4 Å². The molecule has 0 heterocycles. The highest BCUT2D eigenvalue weighted by atomic mass is 16.5. The number of rotatable bonds is 3. The van der Waals surface area contributed by atoms with Crippen molar-refractivity contribution in [2.24, 2.45) is 38.9 Å². The summed E-state index contributed by atoms with van der Waals surface area (Å²) in [6.07, 6.45) is 0.678. The van der Waals surface area contributed by atoms with Gasteiger partial charge in [-0.15, -0.1) is 0 Å². The van der Waals surface area contributed by atoms with Gasteiger partial charge in [-0.3, -0.25) is 14.4 Å². The van der Waals surface area contributed by atoms with Crippen molar-refractivity contribution in [3.63, 3.8) is 0 Å². The number of aliphatic hydroxyl groups excluding tert-OH is 2. The zero-order chi connectivity index (χ0) is 27.2. The number of ketones is 1. The first-order valence-electron chi connectivity index (χ1n) is 12.6. The smallest absolute Gasteiger partial charge is 0.321 e. The summed E-state index contributed by atoms with van der Waals surface area (Å²) in [7, 11) is 1.20. The fourth-order valence-electron chi connectivity index (χ4n) is 9.31. The van der Waals surface area contributed by atoms with Gasteiger partial charge in [0, 0.05) is 29.2 Å². The average molecular weight is 503 g/mol. The molecule has 3 saturated carbocycles. The Morgan fingerprint density at radius 2 is 1.75 bits per heavy atom. The summed E-state index contributed by atoms with van der Waals surface area (Å²) in [4.78, 5) is 52.9. The number of carbonyl (C=O) groups is 4. The predicted octanol–water partition coefficient (Wildman–Crippen LogP) is 3.47. The molecule has 0 radical (unpaired) electrons. The van der Waals surface area contributed by atoms with E-state index in [9.17, 15) is 29.4 Å². The van der Waals surface area contributed by atoms with Crippen molar-refractivity contribution in [1.29, 1.82) is 0 Å². The van der Waals surface area contributed by atoms with E-state index in [1.54, 1.807) is 13.8 Å².